The van der Waals surface area contributed by atoms with Crippen molar-refractivity contribution in [1.29, 1.82) is 0 Å². The molecule has 0 aliphatic rings. The monoisotopic (exact) mass is 348 g/mol. The summed E-state index contributed by atoms with van der Waals surface area (Å²) < 4.78 is 4.96. The predicted octanol–water partition coefficient (Wildman–Crippen LogP) is -0.812. The third-order valence-electron chi connectivity index (χ3n) is 2.92. The van der Waals surface area contributed by atoms with Gasteiger partial charge in [0.05, 0.1) is 32.8 Å². The van der Waals surface area contributed by atoms with Crippen LogP contribution in [0.2, 0.25) is 0 Å². The molecule has 0 spiro atoms. The zero-order chi connectivity index (χ0) is 18.5. The van der Waals surface area contributed by atoms with Gasteiger partial charge in [-0.2, -0.15) is 0 Å². The molecule has 0 fully saturated rings. The van der Waals surface area contributed by atoms with Crippen molar-refractivity contribution >= 4 is 23.9 Å². The van der Waals surface area contributed by atoms with Crippen LogP contribution in [0.25, 0.3) is 0 Å². The van der Waals surface area contributed by atoms with Crippen molar-refractivity contribution in [2.75, 3.05) is 45.9 Å². The van der Waals surface area contributed by atoms with Crippen molar-refractivity contribution in [3.63, 3.8) is 0 Å². The number of nitrogens with zero attached hydrogens (tertiary/aromatic N) is 2. The second-order valence-corrected chi connectivity index (χ2v) is 5.18. The molecule has 0 saturated heterocycles. The summed E-state index contributed by atoms with van der Waals surface area (Å²) in [7, 11) is 0. The SMILES string of the molecule is CCCCOC(=O)CN(CCN(CC(=O)O)CC(=O)O)CC(=O)O. The van der Waals surface area contributed by atoms with E-state index < -0.39 is 43.5 Å². The molecule has 0 bridgehead atoms. The molecular formula is C14H24N2O8. The molecule has 10 nitrogen and oxygen atoms in total. The Morgan fingerprint density at radius 3 is 1.58 bits per heavy atom. The topological polar surface area (TPSA) is 145 Å². The number of aliphatic carboxylic acids is 3. The Bertz CT molecular complexity index is 424. The maximum absolute atomic E-state index is 11.7. The van der Waals surface area contributed by atoms with Crippen molar-refractivity contribution in [1.82, 2.24) is 9.80 Å². The molecule has 24 heavy (non-hydrogen) atoms. The van der Waals surface area contributed by atoms with Crippen LogP contribution in [-0.2, 0) is 23.9 Å². The first-order valence-corrected chi connectivity index (χ1v) is 7.50. The molecule has 138 valence electrons. The Balaban J connectivity index is 4.56. The number of rotatable bonds is 14. The number of esters is 1. The van der Waals surface area contributed by atoms with E-state index in [2.05, 4.69) is 0 Å². The van der Waals surface area contributed by atoms with Crippen LogP contribution in [0.1, 0.15) is 19.8 Å². The summed E-state index contributed by atoms with van der Waals surface area (Å²) in [6.07, 6.45) is 1.56. The van der Waals surface area contributed by atoms with E-state index in [0.717, 1.165) is 11.3 Å². The van der Waals surface area contributed by atoms with E-state index in [1.54, 1.807) is 0 Å². The van der Waals surface area contributed by atoms with Gasteiger partial charge >= 0.3 is 23.9 Å². The van der Waals surface area contributed by atoms with Gasteiger partial charge in [0, 0.05) is 13.1 Å². The normalized spacial score (nSPS) is 10.8. The molecule has 0 rings (SSSR count). The van der Waals surface area contributed by atoms with Gasteiger partial charge in [0.2, 0.25) is 0 Å². The first-order chi connectivity index (χ1) is 11.2. The average molecular weight is 348 g/mol. The molecule has 10 heteroatoms. The summed E-state index contributed by atoms with van der Waals surface area (Å²) in [5.41, 5.74) is 0. The Hall–Kier alpha value is -2.20. The fourth-order valence-corrected chi connectivity index (χ4v) is 1.84. The Kier molecular flexibility index (Phi) is 11.1. The molecule has 0 heterocycles. The van der Waals surface area contributed by atoms with Crippen LogP contribution in [0, 0.1) is 0 Å². The van der Waals surface area contributed by atoms with Gasteiger partial charge in [-0.15, -0.1) is 0 Å². The molecule has 0 radical (unpaired) electrons. The molecule has 0 unspecified atom stereocenters. The smallest absolute Gasteiger partial charge is 0.320 e. The van der Waals surface area contributed by atoms with Gasteiger partial charge in [-0.3, -0.25) is 29.0 Å². The van der Waals surface area contributed by atoms with Crippen LogP contribution >= 0.6 is 0 Å². The highest BCUT2D eigenvalue weighted by Gasteiger charge is 2.18. The highest BCUT2D eigenvalue weighted by molar-refractivity contribution is 5.74. The molecule has 0 amide bonds. The molecular weight excluding hydrogens is 324 g/mol. The zero-order valence-corrected chi connectivity index (χ0v) is 13.6. The Morgan fingerprint density at radius 1 is 0.792 bits per heavy atom. The highest BCUT2D eigenvalue weighted by atomic mass is 16.5. The zero-order valence-electron chi connectivity index (χ0n) is 13.6. The molecule has 0 aliphatic carbocycles. The number of carbonyl (C=O) groups is 4. The quantitative estimate of drug-likeness (QED) is 0.269. The lowest BCUT2D eigenvalue weighted by molar-refractivity contribution is -0.148. The van der Waals surface area contributed by atoms with E-state index in [1.165, 1.54) is 4.90 Å². The third-order valence-corrected chi connectivity index (χ3v) is 2.92. The van der Waals surface area contributed by atoms with Crippen molar-refractivity contribution in [2.24, 2.45) is 0 Å². The van der Waals surface area contributed by atoms with Crippen LogP contribution in [0.3, 0.4) is 0 Å². The summed E-state index contributed by atoms with van der Waals surface area (Å²) >= 11 is 0. The molecule has 0 aromatic carbocycles. The van der Waals surface area contributed by atoms with Crippen molar-refractivity contribution < 1.29 is 39.2 Å². The Morgan fingerprint density at radius 2 is 1.21 bits per heavy atom. The number of carboxylic acids is 3. The van der Waals surface area contributed by atoms with Gasteiger partial charge in [0.1, 0.15) is 0 Å². The number of carbonyl (C=O) groups excluding carboxylic acids is 1. The minimum absolute atomic E-state index is 0.00583. The number of hydrogen-bond donors (Lipinski definition) is 3. The second-order valence-electron chi connectivity index (χ2n) is 5.18. The van der Waals surface area contributed by atoms with Gasteiger partial charge in [-0.25, -0.2) is 0 Å². The van der Waals surface area contributed by atoms with Crippen molar-refractivity contribution in [2.45, 2.75) is 19.8 Å². The molecule has 0 aromatic rings. The first-order valence-electron chi connectivity index (χ1n) is 7.50. The van der Waals surface area contributed by atoms with E-state index in [9.17, 15) is 19.2 Å². The number of carboxylic acid groups (broad SMARTS) is 3. The fourth-order valence-electron chi connectivity index (χ4n) is 1.84. The summed E-state index contributed by atoms with van der Waals surface area (Å²) in [4.78, 5) is 46.4. The van der Waals surface area contributed by atoms with E-state index in [-0.39, 0.29) is 26.2 Å². The van der Waals surface area contributed by atoms with Gasteiger partial charge in [-0.1, -0.05) is 13.3 Å². The van der Waals surface area contributed by atoms with E-state index in [4.69, 9.17) is 20.1 Å². The fraction of sp³-hybridized carbons (Fsp3) is 0.714. The predicted molar refractivity (Wildman–Crippen MR) is 81.7 cm³/mol. The van der Waals surface area contributed by atoms with Crippen molar-refractivity contribution in [3.05, 3.63) is 0 Å². The second kappa shape index (κ2) is 12.3. The van der Waals surface area contributed by atoms with Crippen LogP contribution in [0.5, 0.6) is 0 Å². The van der Waals surface area contributed by atoms with E-state index in [1.807, 2.05) is 6.92 Å². The van der Waals surface area contributed by atoms with Crippen molar-refractivity contribution in [3.8, 4) is 0 Å². The maximum Gasteiger partial charge on any atom is 0.320 e. The number of ether oxygens (including phenoxy) is 1. The summed E-state index contributed by atoms with van der Waals surface area (Å²) in [6, 6.07) is 0. The standard InChI is InChI=1S/C14H24N2O8/c1-2-3-6-24-14(23)10-16(9-13(21)22)5-4-15(7-11(17)18)8-12(19)20/h2-10H2,1H3,(H,17,18)(H,19,20)(H,21,22). The molecule has 3 N–H and O–H groups in total. The lowest BCUT2D eigenvalue weighted by Crippen LogP contribution is -2.43. The molecule has 0 aliphatic heterocycles. The Labute approximate surface area is 139 Å². The van der Waals surface area contributed by atoms with Gasteiger partial charge in [0.25, 0.3) is 0 Å². The average Bonchev–Trinajstić information content (AvgIpc) is 2.43. The highest BCUT2D eigenvalue weighted by Crippen LogP contribution is 1.96. The van der Waals surface area contributed by atoms with Crippen LogP contribution < -0.4 is 0 Å². The van der Waals surface area contributed by atoms with Gasteiger partial charge < -0.3 is 20.1 Å². The van der Waals surface area contributed by atoms with Gasteiger partial charge in [0.15, 0.2) is 0 Å². The summed E-state index contributed by atoms with van der Waals surface area (Å²) in [6.45, 7) is 0.525. The largest absolute Gasteiger partial charge is 0.480 e. The van der Waals surface area contributed by atoms with Crippen LogP contribution in [-0.4, -0.2) is 94.9 Å². The first kappa shape index (κ1) is 21.8. The van der Waals surface area contributed by atoms with E-state index in [0.29, 0.717) is 6.42 Å². The number of hydrogen-bond acceptors (Lipinski definition) is 7. The summed E-state index contributed by atoms with van der Waals surface area (Å²) in [5.74, 6) is -4.12. The van der Waals surface area contributed by atoms with Crippen LogP contribution in [0.4, 0.5) is 0 Å². The lowest BCUT2D eigenvalue weighted by Gasteiger charge is -2.24. The third kappa shape index (κ3) is 12.4. The molecule has 0 saturated carbocycles. The lowest BCUT2D eigenvalue weighted by atomic mass is 10.3. The maximum atomic E-state index is 11.7. The number of unbranched alkanes of at least 4 members (excludes halogenated alkanes) is 1. The molecule has 0 atom stereocenters. The summed E-state index contributed by atoms with van der Waals surface area (Å²) in [5, 5.41) is 26.4. The minimum atomic E-state index is -1.19. The van der Waals surface area contributed by atoms with Gasteiger partial charge in [-0.05, 0) is 6.42 Å². The van der Waals surface area contributed by atoms with E-state index >= 15 is 0 Å². The molecule has 0 aromatic heterocycles. The minimum Gasteiger partial charge on any atom is -0.480 e. The van der Waals surface area contributed by atoms with Crippen LogP contribution in [0.15, 0.2) is 0 Å².